The molecule has 3 heterocycles. The van der Waals surface area contributed by atoms with Crippen LogP contribution < -0.4 is 4.90 Å². The average molecular weight is 355 g/mol. The molecule has 3 saturated heterocycles. The Kier molecular flexibility index (Phi) is 4.66. The quantitative estimate of drug-likeness (QED) is 0.828. The largest absolute Gasteiger partial charge is 0.342 e. The fraction of sp³-hybridized carbons (Fsp3) is 0.550. The minimum absolute atomic E-state index is 0.0205. The van der Waals surface area contributed by atoms with Crippen molar-refractivity contribution in [1.29, 1.82) is 0 Å². The second kappa shape index (κ2) is 7.09. The zero-order chi connectivity index (χ0) is 18.1. The van der Waals surface area contributed by atoms with E-state index in [0.29, 0.717) is 26.1 Å². The zero-order valence-corrected chi connectivity index (χ0v) is 15.0. The Morgan fingerprint density at radius 1 is 0.962 bits per heavy atom. The number of piperidine rings is 1. The number of amides is 3. The molecule has 0 aromatic heterocycles. The summed E-state index contributed by atoms with van der Waals surface area (Å²) in [5.41, 5.74) is 0.860. The minimum atomic E-state index is -0.257. The molecule has 4 rings (SSSR count). The van der Waals surface area contributed by atoms with Gasteiger partial charge in [-0.25, -0.2) is 0 Å². The maximum Gasteiger partial charge on any atom is 0.228 e. The molecule has 3 amide bonds. The molecule has 3 fully saturated rings. The number of rotatable bonds is 3. The van der Waals surface area contributed by atoms with Gasteiger partial charge in [-0.3, -0.25) is 14.4 Å². The van der Waals surface area contributed by atoms with Crippen molar-refractivity contribution in [1.82, 2.24) is 9.80 Å². The second-order valence-electron chi connectivity index (χ2n) is 7.49. The summed E-state index contributed by atoms with van der Waals surface area (Å²) in [4.78, 5) is 42.7. The first kappa shape index (κ1) is 17.1. The van der Waals surface area contributed by atoms with Gasteiger partial charge in [0.15, 0.2) is 0 Å². The highest BCUT2D eigenvalue weighted by molar-refractivity contribution is 6.00. The van der Waals surface area contributed by atoms with Gasteiger partial charge in [-0.05, 0) is 31.4 Å². The summed E-state index contributed by atoms with van der Waals surface area (Å²) in [6, 6.07) is 9.82. The predicted octanol–water partition coefficient (Wildman–Crippen LogP) is 1.65. The SMILES string of the molecule is O=C(C1CC(=O)N(c2ccccc2)C1)N1CCC(N2CCCC2=O)CC1. The normalized spacial score (nSPS) is 24.6. The molecule has 0 N–H and O–H groups in total. The number of hydrogen-bond donors (Lipinski definition) is 0. The van der Waals surface area contributed by atoms with Crippen LogP contribution in [0.15, 0.2) is 30.3 Å². The molecule has 0 radical (unpaired) electrons. The number of anilines is 1. The predicted molar refractivity (Wildman–Crippen MR) is 97.5 cm³/mol. The number of benzene rings is 1. The Labute approximate surface area is 153 Å². The Hall–Kier alpha value is -2.37. The Morgan fingerprint density at radius 3 is 2.35 bits per heavy atom. The van der Waals surface area contributed by atoms with Crippen LogP contribution in [0.25, 0.3) is 0 Å². The first-order valence-electron chi connectivity index (χ1n) is 9.57. The molecular weight excluding hydrogens is 330 g/mol. The number of likely N-dealkylation sites (tertiary alicyclic amines) is 2. The number of nitrogens with zero attached hydrogens (tertiary/aromatic N) is 3. The smallest absolute Gasteiger partial charge is 0.228 e. The third-order valence-corrected chi connectivity index (χ3v) is 5.87. The molecule has 0 spiro atoms. The number of carbonyl (C=O) groups is 3. The first-order valence-corrected chi connectivity index (χ1v) is 9.57. The van der Waals surface area contributed by atoms with Crippen LogP contribution in [0.2, 0.25) is 0 Å². The highest BCUT2D eigenvalue weighted by atomic mass is 16.2. The van der Waals surface area contributed by atoms with Crippen molar-refractivity contribution in [2.75, 3.05) is 31.1 Å². The van der Waals surface area contributed by atoms with E-state index in [9.17, 15) is 14.4 Å². The van der Waals surface area contributed by atoms with E-state index in [1.54, 1.807) is 4.90 Å². The molecule has 0 saturated carbocycles. The lowest BCUT2D eigenvalue weighted by molar-refractivity contribution is -0.138. The monoisotopic (exact) mass is 355 g/mol. The number of hydrogen-bond acceptors (Lipinski definition) is 3. The molecule has 1 aromatic rings. The molecule has 3 aliphatic heterocycles. The molecule has 6 heteroatoms. The highest BCUT2D eigenvalue weighted by Crippen LogP contribution is 2.28. The van der Waals surface area contributed by atoms with Gasteiger partial charge >= 0.3 is 0 Å². The van der Waals surface area contributed by atoms with Crippen LogP contribution in [-0.4, -0.2) is 59.7 Å². The summed E-state index contributed by atoms with van der Waals surface area (Å²) in [5, 5.41) is 0. The van der Waals surface area contributed by atoms with E-state index in [1.165, 1.54) is 0 Å². The summed E-state index contributed by atoms with van der Waals surface area (Å²) in [7, 11) is 0. The van der Waals surface area contributed by atoms with Crippen LogP contribution in [0, 0.1) is 5.92 Å². The van der Waals surface area contributed by atoms with Crippen LogP contribution in [-0.2, 0) is 14.4 Å². The van der Waals surface area contributed by atoms with Gasteiger partial charge in [0.05, 0.1) is 5.92 Å². The second-order valence-corrected chi connectivity index (χ2v) is 7.49. The topological polar surface area (TPSA) is 60.9 Å². The van der Waals surface area contributed by atoms with Crippen molar-refractivity contribution >= 4 is 23.4 Å². The van der Waals surface area contributed by atoms with E-state index in [1.807, 2.05) is 40.1 Å². The summed E-state index contributed by atoms with van der Waals surface area (Å²) >= 11 is 0. The van der Waals surface area contributed by atoms with Gasteiger partial charge < -0.3 is 14.7 Å². The van der Waals surface area contributed by atoms with Crippen molar-refractivity contribution < 1.29 is 14.4 Å². The highest BCUT2D eigenvalue weighted by Gasteiger charge is 2.39. The lowest BCUT2D eigenvalue weighted by Gasteiger charge is -2.37. The van der Waals surface area contributed by atoms with E-state index < -0.39 is 0 Å². The average Bonchev–Trinajstić information content (AvgIpc) is 3.28. The van der Waals surface area contributed by atoms with E-state index in [0.717, 1.165) is 31.5 Å². The molecule has 0 bridgehead atoms. The third kappa shape index (κ3) is 3.20. The maximum atomic E-state index is 12.9. The molecular formula is C20H25N3O3. The molecule has 6 nitrogen and oxygen atoms in total. The number of para-hydroxylation sites is 1. The minimum Gasteiger partial charge on any atom is -0.342 e. The Balaban J connectivity index is 1.34. The molecule has 3 aliphatic rings. The molecule has 0 aliphatic carbocycles. The first-order chi connectivity index (χ1) is 12.6. The Morgan fingerprint density at radius 2 is 1.69 bits per heavy atom. The van der Waals surface area contributed by atoms with Gasteiger partial charge in [-0.15, -0.1) is 0 Å². The van der Waals surface area contributed by atoms with Gasteiger partial charge in [-0.1, -0.05) is 18.2 Å². The van der Waals surface area contributed by atoms with Gasteiger partial charge in [0.1, 0.15) is 0 Å². The lowest BCUT2D eigenvalue weighted by Crippen LogP contribution is -2.48. The van der Waals surface area contributed by atoms with Gasteiger partial charge in [0.25, 0.3) is 0 Å². The zero-order valence-electron chi connectivity index (χ0n) is 15.0. The van der Waals surface area contributed by atoms with Crippen molar-refractivity contribution in [3.63, 3.8) is 0 Å². The fourth-order valence-corrected chi connectivity index (χ4v) is 4.44. The third-order valence-electron chi connectivity index (χ3n) is 5.87. The summed E-state index contributed by atoms with van der Waals surface area (Å²) in [6.45, 7) is 2.69. The van der Waals surface area contributed by atoms with Crippen LogP contribution in [0.4, 0.5) is 5.69 Å². The molecule has 26 heavy (non-hydrogen) atoms. The molecule has 1 atom stereocenters. The maximum absolute atomic E-state index is 12.9. The molecule has 1 unspecified atom stereocenters. The van der Waals surface area contributed by atoms with E-state index >= 15 is 0 Å². The van der Waals surface area contributed by atoms with E-state index in [2.05, 4.69) is 0 Å². The fourth-order valence-electron chi connectivity index (χ4n) is 4.44. The Bertz CT molecular complexity index is 698. The number of carbonyl (C=O) groups excluding carboxylic acids is 3. The standard InChI is InChI=1S/C20H25N3O3/c24-18-7-4-10-22(18)17-8-11-21(12-9-17)20(26)15-13-19(25)23(14-15)16-5-2-1-3-6-16/h1-3,5-6,15,17H,4,7-14H2. The molecule has 138 valence electrons. The molecule has 1 aromatic carbocycles. The van der Waals surface area contributed by atoms with Gasteiger partial charge in [0.2, 0.25) is 17.7 Å². The van der Waals surface area contributed by atoms with E-state index in [4.69, 9.17) is 0 Å². The van der Waals surface area contributed by atoms with Gasteiger partial charge in [0, 0.05) is 50.7 Å². The van der Waals surface area contributed by atoms with Crippen LogP contribution >= 0.6 is 0 Å². The lowest BCUT2D eigenvalue weighted by atomic mass is 10.0. The summed E-state index contributed by atoms with van der Waals surface area (Å²) < 4.78 is 0. The van der Waals surface area contributed by atoms with Gasteiger partial charge in [-0.2, -0.15) is 0 Å². The summed E-state index contributed by atoms with van der Waals surface area (Å²) in [6.07, 6.45) is 3.61. The van der Waals surface area contributed by atoms with Crippen LogP contribution in [0.5, 0.6) is 0 Å². The van der Waals surface area contributed by atoms with Crippen molar-refractivity contribution in [3.8, 4) is 0 Å². The van der Waals surface area contributed by atoms with E-state index in [-0.39, 0.29) is 36.1 Å². The van der Waals surface area contributed by atoms with Crippen molar-refractivity contribution in [2.45, 2.75) is 38.1 Å². The van der Waals surface area contributed by atoms with Crippen LogP contribution in [0.3, 0.4) is 0 Å². The van der Waals surface area contributed by atoms with Crippen LogP contribution in [0.1, 0.15) is 32.1 Å². The summed E-state index contributed by atoms with van der Waals surface area (Å²) in [5.74, 6) is 0.109. The van der Waals surface area contributed by atoms with Crippen molar-refractivity contribution in [3.05, 3.63) is 30.3 Å². The van der Waals surface area contributed by atoms with Crippen molar-refractivity contribution in [2.24, 2.45) is 5.92 Å².